The Bertz CT molecular complexity index is 542. The molecule has 0 aliphatic rings. The second kappa shape index (κ2) is 5.29. The third kappa shape index (κ3) is 3.28. The van der Waals surface area contributed by atoms with Crippen LogP contribution in [0.25, 0.3) is 0 Å². The molecule has 0 radical (unpaired) electrons. The summed E-state index contributed by atoms with van der Waals surface area (Å²) in [5.74, 6) is -0.760. The summed E-state index contributed by atoms with van der Waals surface area (Å²) in [7, 11) is 0. The number of carbonyl (C=O) groups is 1. The molecule has 2 aromatic rings. The van der Waals surface area contributed by atoms with Crippen LogP contribution in [-0.2, 0) is 5.75 Å². The molecule has 88 valence electrons. The summed E-state index contributed by atoms with van der Waals surface area (Å²) in [6, 6.07) is 6.27. The molecule has 3 nitrogen and oxygen atoms in total. The fourth-order valence-electron chi connectivity index (χ4n) is 1.19. The van der Waals surface area contributed by atoms with Crippen LogP contribution in [0.3, 0.4) is 0 Å². The van der Waals surface area contributed by atoms with Gasteiger partial charge in [-0.3, -0.25) is 0 Å². The zero-order chi connectivity index (χ0) is 12.3. The van der Waals surface area contributed by atoms with Crippen molar-refractivity contribution >= 4 is 29.1 Å². The Morgan fingerprint density at radius 1 is 1.53 bits per heavy atom. The lowest BCUT2D eigenvalue weighted by Crippen LogP contribution is -1.94. The van der Waals surface area contributed by atoms with Crippen LogP contribution in [0.1, 0.15) is 15.5 Å². The van der Waals surface area contributed by atoms with Gasteiger partial charge in [-0.2, -0.15) is 0 Å². The SMILES string of the molecule is O=C(O)c1nc(CSc2cccc(F)c2)cs1. The van der Waals surface area contributed by atoms with Crippen molar-refractivity contribution in [3.05, 3.63) is 46.2 Å². The lowest BCUT2D eigenvalue weighted by molar-refractivity contribution is 0.0696. The molecule has 0 saturated carbocycles. The van der Waals surface area contributed by atoms with E-state index in [2.05, 4.69) is 4.98 Å². The van der Waals surface area contributed by atoms with Crippen molar-refractivity contribution in [1.82, 2.24) is 4.98 Å². The Kier molecular flexibility index (Phi) is 3.75. The van der Waals surface area contributed by atoms with Crippen molar-refractivity contribution in [3.8, 4) is 0 Å². The second-order valence-corrected chi connectivity index (χ2v) is 5.10. The highest BCUT2D eigenvalue weighted by atomic mass is 32.2. The van der Waals surface area contributed by atoms with Gasteiger partial charge in [-0.1, -0.05) is 6.07 Å². The van der Waals surface area contributed by atoms with Crippen LogP contribution >= 0.6 is 23.1 Å². The van der Waals surface area contributed by atoms with Crippen LogP contribution in [0.2, 0.25) is 0 Å². The van der Waals surface area contributed by atoms with Crippen molar-refractivity contribution in [3.63, 3.8) is 0 Å². The molecular formula is C11H8FNO2S2. The van der Waals surface area contributed by atoms with E-state index < -0.39 is 5.97 Å². The van der Waals surface area contributed by atoms with E-state index in [0.717, 1.165) is 16.2 Å². The van der Waals surface area contributed by atoms with Gasteiger partial charge in [0.15, 0.2) is 0 Å². The fraction of sp³-hybridized carbons (Fsp3) is 0.0909. The molecule has 0 atom stereocenters. The van der Waals surface area contributed by atoms with Crippen molar-refractivity contribution in [1.29, 1.82) is 0 Å². The molecule has 0 aliphatic heterocycles. The zero-order valence-corrected chi connectivity index (χ0v) is 10.2. The number of halogens is 1. The number of nitrogens with zero attached hydrogens (tertiary/aromatic N) is 1. The van der Waals surface area contributed by atoms with Gasteiger partial charge < -0.3 is 5.11 Å². The van der Waals surface area contributed by atoms with Gasteiger partial charge in [0.25, 0.3) is 0 Å². The standard InChI is InChI=1S/C11H8FNO2S2/c12-7-2-1-3-9(4-7)16-5-8-6-17-10(13-8)11(14)15/h1-4,6H,5H2,(H,14,15). The number of hydrogen-bond acceptors (Lipinski definition) is 4. The van der Waals surface area contributed by atoms with E-state index in [1.54, 1.807) is 17.5 Å². The van der Waals surface area contributed by atoms with Crippen molar-refractivity contribution < 1.29 is 14.3 Å². The predicted molar refractivity (Wildman–Crippen MR) is 65.0 cm³/mol. The van der Waals surface area contributed by atoms with Gasteiger partial charge in [0, 0.05) is 16.0 Å². The third-order valence-electron chi connectivity index (χ3n) is 1.92. The fourth-order valence-corrected chi connectivity index (χ4v) is 2.78. The highest BCUT2D eigenvalue weighted by Gasteiger charge is 2.08. The third-order valence-corrected chi connectivity index (χ3v) is 3.82. The van der Waals surface area contributed by atoms with E-state index in [1.807, 2.05) is 0 Å². The van der Waals surface area contributed by atoms with Gasteiger partial charge in [0.2, 0.25) is 5.01 Å². The van der Waals surface area contributed by atoms with E-state index in [0.29, 0.717) is 11.4 Å². The molecule has 0 unspecified atom stereocenters. The van der Waals surface area contributed by atoms with Crippen LogP contribution in [0.4, 0.5) is 4.39 Å². The smallest absolute Gasteiger partial charge is 0.365 e. The van der Waals surface area contributed by atoms with Crippen LogP contribution in [0.5, 0.6) is 0 Å². The Morgan fingerprint density at radius 3 is 3.00 bits per heavy atom. The number of aromatic carboxylic acids is 1. The molecule has 1 N–H and O–H groups in total. The first-order valence-electron chi connectivity index (χ1n) is 4.71. The second-order valence-electron chi connectivity index (χ2n) is 3.20. The molecule has 0 saturated heterocycles. The monoisotopic (exact) mass is 269 g/mol. The number of aromatic nitrogens is 1. The Hall–Kier alpha value is -1.40. The molecule has 1 aromatic carbocycles. The van der Waals surface area contributed by atoms with Crippen molar-refractivity contribution in [2.24, 2.45) is 0 Å². The van der Waals surface area contributed by atoms with Crippen LogP contribution in [0.15, 0.2) is 34.5 Å². The minimum absolute atomic E-state index is 0.0832. The van der Waals surface area contributed by atoms with Crippen LogP contribution in [0, 0.1) is 5.82 Å². The lowest BCUT2D eigenvalue weighted by Gasteiger charge is -1.98. The molecule has 17 heavy (non-hydrogen) atoms. The van der Waals surface area contributed by atoms with Gasteiger partial charge in [-0.15, -0.1) is 23.1 Å². The summed E-state index contributed by atoms with van der Waals surface area (Å²) >= 11 is 2.52. The Balaban J connectivity index is 2.00. The maximum absolute atomic E-state index is 12.9. The minimum Gasteiger partial charge on any atom is -0.476 e. The first-order valence-corrected chi connectivity index (χ1v) is 6.58. The van der Waals surface area contributed by atoms with Crippen LogP contribution < -0.4 is 0 Å². The summed E-state index contributed by atoms with van der Waals surface area (Å²) < 4.78 is 12.9. The molecule has 0 spiro atoms. The summed E-state index contributed by atoms with van der Waals surface area (Å²) in [4.78, 5) is 15.4. The Labute approximate surface area is 105 Å². The van der Waals surface area contributed by atoms with E-state index in [-0.39, 0.29) is 10.8 Å². The summed E-state index contributed by atoms with van der Waals surface area (Å²) in [5.41, 5.74) is 0.696. The first kappa shape index (κ1) is 12.1. The van der Waals surface area contributed by atoms with Crippen LogP contribution in [-0.4, -0.2) is 16.1 Å². The number of carboxylic acid groups (broad SMARTS) is 1. The Morgan fingerprint density at radius 2 is 2.35 bits per heavy atom. The number of thiazole rings is 1. The average Bonchev–Trinajstić information content (AvgIpc) is 2.75. The van der Waals surface area contributed by atoms with Gasteiger partial charge >= 0.3 is 5.97 Å². The van der Waals surface area contributed by atoms with Gasteiger partial charge in [0.05, 0.1) is 5.69 Å². The van der Waals surface area contributed by atoms with Crippen molar-refractivity contribution in [2.45, 2.75) is 10.6 Å². The molecule has 0 aliphatic carbocycles. The number of rotatable bonds is 4. The van der Waals surface area contributed by atoms with E-state index in [9.17, 15) is 9.18 Å². The van der Waals surface area contributed by atoms with Gasteiger partial charge in [0.1, 0.15) is 5.82 Å². The first-order chi connectivity index (χ1) is 8.15. The molecule has 0 bridgehead atoms. The molecule has 0 amide bonds. The van der Waals surface area contributed by atoms with E-state index in [1.165, 1.54) is 23.9 Å². The predicted octanol–water partition coefficient (Wildman–Crippen LogP) is 3.27. The van der Waals surface area contributed by atoms with Crippen molar-refractivity contribution in [2.75, 3.05) is 0 Å². The minimum atomic E-state index is -1.02. The highest BCUT2D eigenvalue weighted by molar-refractivity contribution is 7.98. The summed E-state index contributed by atoms with van der Waals surface area (Å²) in [6.07, 6.45) is 0. The molecule has 2 rings (SSSR count). The number of carboxylic acids is 1. The summed E-state index contributed by atoms with van der Waals surface area (Å²) in [6.45, 7) is 0. The number of thioether (sulfide) groups is 1. The molecular weight excluding hydrogens is 261 g/mol. The number of hydrogen-bond donors (Lipinski definition) is 1. The quantitative estimate of drug-likeness (QED) is 0.865. The highest BCUT2D eigenvalue weighted by Crippen LogP contribution is 2.24. The maximum atomic E-state index is 12.9. The topological polar surface area (TPSA) is 50.2 Å². The summed E-state index contributed by atoms with van der Waals surface area (Å²) in [5, 5.41) is 10.5. The van der Waals surface area contributed by atoms with E-state index >= 15 is 0 Å². The molecule has 0 fully saturated rings. The largest absolute Gasteiger partial charge is 0.476 e. The maximum Gasteiger partial charge on any atom is 0.365 e. The molecule has 1 heterocycles. The van der Waals surface area contributed by atoms with Gasteiger partial charge in [-0.05, 0) is 18.2 Å². The van der Waals surface area contributed by atoms with E-state index in [4.69, 9.17) is 5.11 Å². The lowest BCUT2D eigenvalue weighted by atomic mass is 10.4. The molecule has 1 aromatic heterocycles. The zero-order valence-electron chi connectivity index (χ0n) is 8.59. The van der Waals surface area contributed by atoms with Gasteiger partial charge in [-0.25, -0.2) is 14.2 Å². The average molecular weight is 269 g/mol. The molecule has 6 heteroatoms. The number of benzene rings is 1. The normalized spacial score (nSPS) is 10.4.